The van der Waals surface area contributed by atoms with Gasteiger partial charge in [-0.3, -0.25) is 0 Å². The summed E-state index contributed by atoms with van der Waals surface area (Å²) in [7, 11) is 0. The average molecular weight is 313 g/mol. The minimum absolute atomic E-state index is 0.288. The first-order chi connectivity index (χ1) is 10.1. The highest BCUT2D eigenvalue weighted by molar-refractivity contribution is 6.34. The van der Waals surface area contributed by atoms with Crippen LogP contribution in [-0.2, 0) is 9.47 Å². The van der Waals surface area contributed by atoms with Crippen LogP contribution in [0, 0.1) is 0 Å². The summed E-state index contributed by atoms with van der Waals surface area (Å²) in [5, 5.41) is 3.63. The molecule has 1 atom stereocenters. The zero-order chi connectivity index (χ0) is 15.2. The fourth-order valence-corrected chi connectivity index (χ4v) is 2.70. The molecule has 0 amide bonds. The molecule has 1 aliphatic rings. The number of esters is 1. The molecule has 0 radical (unpaired) electrons. The number of halogens is 1. The lowest BCUT2D eigenvalue weighted by molar-refractivity contribution is 0.0527. The second-order valence-corrected chi connectivity index (χ2v) is 5.40. The predicted molar refractivity (Wildman–Crippen MR) is 83.9 cm³/mol. The van der Waals surface area contributed by atoms with E-state index in [1.54, 1.807) is 19.1 Å². The van der Waals surface area contributed by atoms with Crippen molar-refractivity contribution in [2.45, 2.75) is 32.3 Å². The fraction of sp³-hybridized carbons (Fsp3) is 0.533. The molecule has 0 spiro atoms. The summed E-state index contributed by atoms with van der Waals surface area (Å²) >= 11 is 6.19. The van der Waals surface area contributed by atoms with Gasteiger partial charge in [-0.1, -0.05) is 11.6 Å². The van der Waals surface area contributed by atoms with Crippen molar-refractivity contribution in [3.63, 3.8) is 0 Å². The molecule has 1 aromatic rings. The van der Waals surface area contributed by atoms with Crippen molar-refractivity contribution in [2.24, 2.45) is 0 Å². The summed E-state index contributed by atoms with van der Waals surface area (Å²) < 4.78 is 10.6. The van der Waals surface area contributed by atoms with E-state index in [0.29, 0.717) is 35.1 Å². The molecule has 116 valence electrons. The van der Waals surface area contributed by atoms with E-state index < -0.39 is 5.97 Å². The number of nitrogens with one attached hydrogen (secondary N) is 1. The molecule has 1 saturated heterocycles. The Bertz CT molecular complexity index is 502. The van der Waals surface area contributed by atoms with Gasteiger partial charge in [-0.25, -0.2) is 4.79 Å². The van der Waals surface area contributed by atoms with E-state index in [4.69, 9.17) is 26.8 Å². The first kappa shape index (κ1) is 15.9. The van der Waals surface area contributed by atoms with E-state index in [9.17, 15) is 4.79 Å². The van der Waals surface area contributed by atoms with Gasteiger partial charge in [0.1, 0.15) is 0 Å². The van der Waals surface area contributed by atoms with E-state index in [0.717, 1.165) is 25.9 Å². The van der Waals surface area contributed by atoms with Crippen LogP contribution in [0.4, 0.5) is 11.4 Å². The number of hydrogen-bond acceptors (Lipinski definition) is 5. The molecule has 1 unspecified atom stereocenters. The molecule has 6 heteroatoms. The Morgan fingerprint density at radius 1 is 1.57 bits per heavy atom. The maximum absolute atomic E-state index is 12.0. The Morgan fingerprint density at radius 2 is 2.38 bits per heavy atom. The quantitative estimate of drug-likeness (QED) is 0.624. The van der Waals surface area contributed by atoms with Crippen LogP contribution in [0.3, 0.4) is 0 Å². The molecular weight excluding hydrogens is 292 g/mol. The first-order valence-corrected chi connectivity index (χ1v) is 7.61. The van der Waals surface area contributed by atoms with Gasteiger partial charge < -0.3 is 20.5 Å². The van der Waals surface area contributed by atoms with Gasteiger partial charge in [0.15, 0.2) is 0 Å². The number of ether oxygens (including phenoxy) is 2. The number of hydrogen-bond donors (Lipinski definition) is 2. The highest BCUT2D eigenvalue weighted by Gasteiger charge is 2.18. The smallest absolute Gasteiger partial charge is 0.340 e. The lowest BCUT2D eigenvalue weighted by Crippen LogP contribution is -2.15. The molecule has 21 heavy (non-hydrogen) atoms. The third kappa shape index (κ3) is 4.25. The number of benzene rings is 1. The van der Waals surface area contributed by atoms with Crippen LogP contribution in [0.5, 0.6) is 0 Å². The van der Waals surface area contributed by atoms with Crippen molar-refractivity contribution >= 4 is 28.9 Å². The van der Waals surface area contributed by atoms with Crippen molar-refractivity contribution in [1.29, 1.82) is 0 Å². The van der Waals surface area contributed by atoms with Crippen LogP contribution < -0.4 is 11.1 Å². The third-order valence-corrected chi connectivity index (χ3v) is 3.70. The van der Waals surface area contributed by atoms with Crippen LogP contribution >= 0.6 is 11.6 Å². The number of rotatable bonds is 6. The summed E-state index contributed by atoms with van der Waals surface area (Å²) in [5.74, 6) is -0.425. The molecule has 3 N–H and O–H groups in total. The van der Waals surface area contributed by atoms with Crippen molar-refractivity contribution in [2.75, 3.05) is 30.8 Å². The highest BCUT2D eigenvalue weighted by Crippen LogP contribution is 2.30. The lowest BCUT2D eigenvalue weighted by atomic mass is 10.1. The molecule has 1 fully saturated rings. The SMILES string of the molecule is CCOC(=O)c1cc(N)cc(Cl)c1NCCC1CCCO1. The minimum atomic E-state index is -0.425. The molecule has 0 aromatic heterocycles. The van der Waals surface area contributed by atoms with Crippen LogP contribution in [0.1, 0.15) is 36.5 Å². The van der Waals surface area contributed by atoms with E-state index >= 15 is 0 Å². The number of anilines is 2. The molecule has 2 rings (SSSR count). The Kier molecular flexibility index (Phi) is 5.70. The second-order valence-electron chi connectivity index (χ2n) is 5.00. The Labute approximate surface area is 129 Å². The van der Waals surface area contributed by atoms with E-state index in [-0.39, 0.29) is 6.10 Å². The fourth-order valence-electron chi connectivity index (χ4n) is 2.41. The zero-order valence-electron chi connectivity index (χ0n) is 12.2. The lowest BCUT2D eigenvalue weighted by Gasteiger charge is -2.15. The van der Waals surface area contributed by atoms with Crippen LogP contribution in [0.2, 0.25) is 5.02 Å². The zero-order valence-corrected chi connectivity index (χ0v) is 12.9. The first-order valence-electron chi connectivity index (χ1n) is 7.23. The summed E-state index contributed by atoms with van der Waals surface area (Å²) in [5.41, 5.74) is 7.13. The molecule has 0 saturated carbocycles. The van der Waals surface area contributed by atoms with E-state index in [1.165, 1.54) is 0 Å². The predicted octanol–water partition coefficient (Wildman–Crippen LogP) is 3.08. The summed E-state index contributed by atoms with van der Waals surface area (Å²) in [6.45, 7) is 3.58. The van der Waals surface area contributed by atoms with Gasteiger partial charge in [-0.15, -0.1) is 0 Å². The number of nitrogen functional groups attached to an aromatic ring is 1. The maximum Gasteiger partial charge on any atom is 0.340 e. The molecule has 0 aliphatic carbocycles. The minimum Gasteiger partial charge on any atom is -0.462 e. The van der Waals surface area contributed by atoms with Crippen LogP contribution in [0.25, 0.3) is 0 Å². The maximum atomic E-state index is 12.0. The van der Waals surface area contributed by atoms with Crippen molar-refractivity contribution in [3.8, 4) is 0 Å². The molecule has 5 nitrogen and oxygen atoms in total. The van der Waals surface area contributed by atoms with Gasteiger partial charge in [-0.2, -0.15) is 0 Å². The van der Waals surface area contributed by atoms with Gasteiger partial charge in [0.25, 0.3) is 0 Å². The van der Waals surface area contributed by atoms with Crippen LogP contribution in [0.15, 0.2) is 12.1 Å². The van der Waals surface area contributed by atoms with Gasteiger partial charge in [-0.05, 0) is 38.3 Å². The van der Waals surface area contributed by atoms with E-state index in [2.05, 4.69) is 5.32 Å². The molecular formula is C15H21ClN2O3. The third-order valence-electron chi connectivity index (χ3n) is 3.40. The highest BCUT2D eigenvalue weighted by atomic mass is 35.5. The van der Waals surface area contributed by atoms with Crippen molar-refractivity contribution in [3.05, 3.63) is 22.7 Å². The number of carbonyl (C=O) groups is 1. The number of nitrogens with two attached hydrogens (primary N) is 1. The summed E-state index contributed by atoms with van der Waals surface area (Å²) in [4.78, 5) is 12.0. The molecule has 0 bridgehead atoms. The van der Waals surface area contributed by atoms with Crippen molar-refractivity contribution in [1.82, 2.24) is 0 Å². The molecule has 1 heterocycles. The summed E-state index contributed by atoms with van der Waals surface area (Å²) in [6, 6.07) is 3.21. The monoisotopic (exact) mass is 312 g/mol. The Balaban J connectivity index is 2.06. The second kappa shape index (κ2) is 7.52. The average Bonchev–Trinajstić information content (AvgIpc) is 2.94. The Hall–Kier alpha value is -1.46. The van der Waals surface area contributed by atoms with Crippen molar-refractivity contribution < 1.29 is 14.3 Å². The van der Waals surface area contributed by atoms with Crippen LogP contribution in [-0.4, -0.2) is 31.8 Å². The number of carbonyl (C=O) groups excluding carboxylic acids is 1. The molecule has 1 aromatic carbocycles. The topological polar surface area (TPSA) is 73.6 Å². The Morgan fingerprint density at radius 3 is 3.05 bits per heavy atom. The summed E-state index contributed by atoms with van der Waals surface area (Å²) in [6.07, 6.45) is 3.36. The molecule has 1 aliphatic heterocycles. The van der Waals surface area contributed by atoms with Gasteiger partial charge in [0.2, 0.25) is 0 Å². The van der Waals surface area contributed by atoms with Gasteiger partial charge in [0, 0.05) is 18.8 Å². The normalized spacial score (nSPS) is 17.7. The standard InChI is InChI=1S/C15H21ClN2O3/c1-2-20-15(19)12-8-10(17)9-13(16)14(12)18-6-5-11-4-3-7-21-11/h8-9,11,18H,2-7,17H2,1H3. The largest absolute Gasteiger partial charge is 0.462 e. The van der Waals surface area contributed by atoms with Gasteiger partial charge >= 0.3 is 5.97 Å². The van der Waals surface area contributed by atoms with E-state index in [1.807, 2.05) is 0 Å². The van der Waals surface area contributed by atoms with Gasteiger partial charge in [0.05, 0.1) is 29.0 Å².